The second kappa shape index (κ2) is 7.21. The number of carbonyl (C=O) groups excluding carboxylic acids is 2. The number of carbonyl (C=O) groups is 2. The van der Waals surface area contributed by atoms with Crippen molar-refractivity contribution in [3.63, 3.8) is 0 Å². The summed E-state index contributed by atoms with van der Waals surface area (Å²) in [5.74, 6) is 0.305. The van der Waals surface area contributed by atoms with Gasteiger partial charge in [-0.3, -0.25) is 9.59 Å². The zero-order valence-corrected chi connectivity index (χ0v) is 14.1. The number of esters is 1. The molecule has 0 saturated heterocycles. The number of hydrogen-bond donors (Lipinski definition) is 0. The predicted molar refractivity (Wildman–Crippen MR) is 94.0 cm³/mol. The van der Waals surface area contributed by atoms with E-state index < -0.39 is 5.97 Å². The summed E-state index contributed by atoms with van der Waals surface area (Å²) in [5, 5.41) is 0. The fourth-order valence-corrected chi connectivity index (χ4v) is 2.94. The third-order valence-corrected chi connectivity index (χ3v) is 4.12. The van der Waals surface area contributed by atoms with Crippen molar-refractivity contribution in [2.75, 3.05) is 7.11 Å². The molecule has 2 aromatic carbocycles. The first-order chi connectivity index (χ1) is 12.1. The van der Waals surface area contributed by atoms with Crippen LogP contribution >= 0.6 is 0 Å². The normalized spacial score (nSPS) is 15.4. The standard InChI is InChI=1S/C20H19NO4/c1-14(22)21-12-11-15-7-3-4-8-16(15)17(21)13-20(23)25-19-10-6-5-9-18(19)24-2/h3-12,17H,13H2,1-2H3. The third kappa shape index (κ3) is 3.55. The number of amides is 1. The molecule has 0 spiro atoms. The van der Waals surface area contributed by atoms with Gasteiger partial charge in [0.05, 0.1) is 19.6 Å². The van der Waals surface area contributed by atoms with E-state index in [9.17, 15) is 9.59 Å². The summed E-state index contributed by atoms with van der Waals surface area (Å²) in [7, 11) is 1.52. The van der Waals surface area contributed by atoms with Crippen LogP contribution in [0.15, 0.2) is 54.7 Å². The third-order valence-electron chi connectivity index (χ3n) is 4.12. The molecule has 0 radical (unpaired) electrons. The summed E-state index contributed by atoms with van der Waals surface area (Å²) in [6.07, 6.45) is 3.64. The molecule has 3 rings (SSSR count). The molecule has 0 aliphatic carbocycles. The van der Waals surface area contributed by atoms with Gasteiger partial charge in [-0.05, 0) is 29.3 Å². The fraction of sp³-hybridized carbons (Fsp3) is 0.200. The zero-order valence-electron chi connectivity index (χ0n) is 14.1. The van der Waals surface area contributed by atoms with Crippen molar-refractivity contribution in [2.24, 2.45) is 0 Å². The SMILES string of the molecule is COc1ccccc1OC(=O)CC1c2ccccc2C=CN1C(C)=O. The highest BCUT2D eigenvalue weighted by atomic mass is 16.6. The molecule has 25 heavy (non-hydrogen) atoms. The van der Waals surface area contributed by atoms with Gasteiger partial charge in [-0.2, -0.15) is 0 Å². The molecule has 0 fully saturated rings. The quantitative estimate of drug-likeness (QED) is 0.632. The Morgan fingerprint density at radius 1 is 1.04 bits per heavy atom. The van der Waals surface area contributed by atoms with Gasteiger partial charge in [0, 0.05) is 13.1 Å². The minimum atomic E-state index is -0.425. The summed E-state index contributed by atoms with van der Waals surface area (Å²) in [6.45, 7) is 1.48. The molecule has 2 aromatic rings. The van der Waals surface area contributed by atoms with E-state index in [4.69, 9.17) is 9.47 Å². The van der Waals surface area contributed by atoms with Gasteiger partial charge in [0.15, 0.2) is 11.5 Å². The molecule has 0 saturated carbocycles. The first-order valence-corrected chi connectivity index (χ1v) is 8.00. The Balaban J connectivity index is 1.83. The Labute approximate surface area is 146 Å². The van der Waals surface area contributed by atoms with Crippen molar-refractivity contribution in [3.8, 4) is 11.5 Å². The Morgan fingerprint density at radius 2 is 1.72 bits per heavy atom. The highest BCUT2D eigenvalue weighted by molar-refractivity contribution is 5.80. The number of para-hydroxylation sites is 2. The summed E-state index contributed by atoms with van der Waals surface area (Å²) >= 11 is 0. The van der Waals surface area contributed by atoms with Crippen LogP contribution in [0.25, 0.3) is 6.08 Å². The van der Waals surface area contributed by atoms with Gasteiger partial charge in [-0.1, -0.05) is 36.4 Å². The maximum atomic E-state index is 12.5. The lowest BCUT2D eigenvalue weighted by Gasteiger charge is -2.32. The minimum absolute atomic E-state index is 0.0545. The summed E-state index contributed by atoms with van der Waals surface area (Å²) < 4.78 is 10.7. The van der Waals surface area contributed by atoms with Crippen LogP contribution in [0.4, 0.5) is 0 Å². The molecule has 5 nitrogen and oxygen atoms in total. The summed E-state index contributed by atoms with van der Waals surface area (Å²) in [4.78, 5) is 26.0. The smallest absolute Gasteiger partial charge is 0.313 e. The van der Waals surface area contributed by atoms with Crippen LogP contribution in [0.3, 0.4) is 0 Å². The molecule has 1 heterocycles. The molecule has 0 aromatic heterocycles. The van der Waals surface area contributed by atoms with E-state index in [1.54, 1.807) is 35.4 Å². The second-order valence-corrected chi connectivity index (χ2v) is 5.72. The lowest BCUT2D eigenvalue weighted by molar-refractivity contribution is -0.137. The van der Waals surface area contributed by atoms with Gasteiger partial charge in [-0.15, -0.1) is 0 Å². The van der Waals surface area contributed by atoms with Crippen LogP contribution in [0, 0.1) is 0 Å². The van der Waals surface area contributed by atoms with E-state index in [2.05, 4.69) is 0 Å². The van der Waals surface area contributed by atoms with E-state index in [0.29, 0.717) is 11.5 Å². The average Bonchev–Trinajstić information content (AvgIpc) is 2.62. The minimum Gasteiger partial charge on any atom is -0.493 e. The number of rotatable bonds is 4. The molecular formula is C20H19NO4. The number of fused-ring (bicyclic) bond motifs is 1. The predicted octanol–water partition coefficient (Wildman–Crippen LogP) is 3.56. The van der Waals surface area contributed by atoms with Crippen LogP contribution in [-0.2, 0) is 9.59 Å². The van der Waals surface area contributed by atoms with Crippen LogP contribution in [0.1, 0.15) is 30.5 Å². The molecule has 1 aliphatic heterocycles. The highest BCUT2D eigenvalue weighted by Gasteiger charge is 2.29. The summed E-state index contributed by atoms with van der Waals surface area (Å²) in [5.41, 5.74) is 1.92. The van der Waals surface area contributed by atoms with E-state index in [1.165, 1.54) is 14.0 Å². The van der Waals surface area contributed by atoms with Crippen molar-refractivity contribution in [1.29, 1.82) is 0 Å². The number of methoxy groups -OCH3 is 1. The maximum absolute atomic E-state index is 12.5. The van der Waals surface area contributed by atoms with Gasteiger partial charge < -0.3 is 14.4 Å². The number of nitrogens with zero attached hydrogens (tertiary/aromatic N) is 1. The first kappa shape index (κ1) is 16.8. The van der Waals surface area contributed by atoms with Crippen LogP contribution in [-0.4, -0.2) is 23.9 Å². The Bertz CT molecular complexity index is 828. The van der Waals surface area contributed by atoms with Gasteiger partial charge in [0.2, 0.25) is 5.91 Å². The lowest BCUT2D eigenvalue weighted by atomic mass is 9.94. The zero-order chi connectivity index (χ0) is 17.8. The monoisotopic (exact) mass is 337 g/mol. The Kier molecular flexibility index (Phi) is 4.84. The van der Waals surface area contributed by atoms with Crippen molar-refractivity contribution in [1.82, 2.24) is 4.90 Å². The lowest BCUT2D eigenvalue weighted by Crippen LogP contribution is -2.33. The molecule has 1 aliphatic rings. The topological polar surface area (TPSA) is 55.8 Å². The van der Waals surface area contributed by atoms with E-state index in [1.807, 2.05) is 30.3 Å². The Morgan fingerprint density at radius 3 is 2.44 bits per heavy atom. The summed E-state index contributed by atoms with van der Waals surface area (Å²) in [6, 6.07) is 14.3. The highest BCUT2D eigenvalue weighted by Crippen LogP contribution is 2.34. The van der Waals surface area contributed by atoms with Crippen molar-refractivity contribution >= 4 is 18.0 Å². The van der Waals surface area contributed by atoms with E-state index >= 15 is 0 Å². The van der Waals surface area contributed by atoms with Gasteiger partial charge >= 0.3 is 5.97 Å². The van der Waals surface area contributed by atoms with E-state index in [-0.39, 0.29) is 18.4 Å². The molecule has 0 N–H and O–H groups in total. The second-order valence-electron chi connectivity index (χ2n) is 5.72. The maximum Gasteiger partial charge on any atom is 0.313 e. The van der Waals surface area contributed by atoms with Gasteiger partial charge in [0.1, 0.15) is 0 Å². The fourth-order valence-electron chi connectivity index (χ4n) is 2.94. The number of ether oxygens (including phenoxy) is 2. The molecule has 5 heteroatoms. The van der Waals surface area contributed by atoms with Crippen molar-refractivity contribution in [3.05, 3.63) is 65.9 Å². The molecular weight excluding hydrogens is 318 g/mol. The van der Waals surface area contributed by atoms with Crippen LogP contribution in [0.5, 0.6) is 11.5 Å². The van der Waals surface area contributed by atoms with Crippen molar-refractivity contribution in [2.45, 2.75) is 19.4 Å². The molecule has 1 unspecified atom stereocenters. The molecule has 128 valence electrons. The van der Waals surface area contributed by atoms with Crippen LogP contribution < -0.4 is 9.47 Å². The molecule has 1 amide bonds. The van der Waals surface area contributed by atoms with E-state index in [0.717, 1.165) is 11.1 Å². The number of hydrogen-bond acceptors (Lipinski definition) is 4. The largest absolute Gasteiger partial charge is 0.493 e. The first-order valence-electron chi connectivity index (χ1n) is 8.00. The van der Waals surface area contributed by atoms with Crippen molar-refractivity contribution < 1.29 is 19.1 Å². The van der Waals surface area contributed by atoms with Gasteiger partial charge in [0.25, 0.3) is 0 Å². The molecule has 1 atom stereocenters. The molecule has 0 bridgehead atoms. The van der Waals surface area contributed by atoms with Gasteiger partial charge in [-0.25, -0.2) is 0 Å². The average molecular weight is 337 g/mol. The number of benzene rings is 2. The van der Waals surface area contributed by atoms with Crippen LogP contribution in [0.2, 0.25) is 0 Å². The Hall–Kier alpha value is -3.08.